The summed E-state index contributed by atoms with van der Waals surface area (Å²) in [7, 11) is 0. The Labute approximate surface area is 146 Å². The van der Waals surface area contributed by atoms with E-state index in [1.165, 1.54) is 17.3 Å². The van der Waals surface area contributed by atoms with E-state index in [1.807, 2.05) is 36.4 Å². The Kier molecular flexibility index (Phi) is 5.17. The molecule has 5 heteroatoms. The minimum atomic E-state index is -0.0942. The number of nitriles is 1. The van der Waals surface area contributed by atoms with Crippen molar-refractivity contribution in [2.45, 2.75) is 31.2 Å². The van der Waals surface area contributed by atoms with Crippen LogP contribution in [0.25, 0.3) is 0 Å². The molecular formula is C19H19N3OS. The molecule has 1 amide bonds. The van der Waals surface area contributed by atoms with E-state index in [4.69, 9.17) is 0 Å². The van der Waals surface area contributed by atoms with Gasteiger partial charge in [-0.3, -0.25) is 4.79 Å². The first-order chi connectivity index (χ1) is 11.7. The second kappa shape index (κ2) is 7.50. The topological polar surface area (TPSA) is 65.8 Å². The van der Waals surface area contributed by atoms with Crippen LogP contribution < -0.4 is 5.32 Å². The van der Waals surface area contributed by atoms with Gasteiger partial charge in [0.2, 0.25) is 5.91 Å². The molecule has 0 aliphatic heterocycles. The predicted molar refractivity (Wildman–Crippen MR) is 95.9 cm³/mol. The quantitative estimate of drug-likeness (QED) is 0.862. The number of hydrogen-bond donors (Lipinski definition) is 1. The van der Waals surface area contributed by atoms with Crippen LogP contribution >= 0.6 is 11.8 Å². The van der Waals surface area contributed by atoms with Gasteiger partial charge in [-0.15, -0.1) is 0 Å². The van der Waals surface area contributed by atoms with Gasteiger partial charge in [-0.25, -0.2) is 4.98 Å². The number of rotatable bonds is 4. The van der Waals surface area contributed by atoms with E-state index in [9.17, 15) is 10.1 Å². The van der Waals surface area contributed by atoms with E-state index in [1.54, 1.807) is 0 Å². The predicted octanol–water partition coefficient (Wildman–Crippen LogP) is 3.81. The summed E-state index contributed by atoms with van der Waals surface area (Å²) in [6.07, 6.45) is 3.06. The Hall–Kier alpha value is -2.32. The molecule has 4 nitrogen and oxygen atoms in total. The van der Waals surface area contributed by atoms with Crippen molar-refractivity contribution in [1.29, 1.82) is 5.26 Å². The van der Waals surface area contributed by atoms with Crippen LogP contribution in [-0.2, 0) is 17.6 Å². The maximum atomic E-state index is 12.1. The Morgan fingerprint density at radius 1 is 1.42 bits per heavy atom. The maximum absolute atomic E-state index is 12.1. The molecule has 2 aromatic rings. The molecule has 0 radical (unpaired) electrons. The molecule has 1 N–H and O–H groups in total. The van der Waals surface area contributed by atoms with Crippen molar-refractivity contribution < 1.29 is 4.79 Å². The molecule has 0 saturated carbocycles. The molecule has 24 heavy (non-hydrogen) atoms. The monoisotopic (exact) mass is 337 g/mol. The third-order valence-corrected chi connectivity index (χ3v) is 5.11. The second-order valence-electron chi connectivity index (χ2n) is 6.11. The molecule has 1 aromatic heterocycles. The highest BCUT2D eigenvalue weighted by atomic mass is 32.2. The van der Waals surface area contributed by atoms with E-state index in [0.717, 1.165) is 30.6 Å². The molecule has 0 unspecified atom stereocenters. The summed E-state index contributed by atoms with van der Waals surface area (Å²) in [6, 6.07) is 13.5. The van der Waals surface area contributed by atoms with Gasteiger partial charge in [0.15, 0.2) is 0 Å². The molecule has 1 aromatic carbocycles. The van der Waals surface area contributed by atoms with Crippen molar-refractivity contribution in [2.75, 3.05) is 11.1 Å². The Bertz CT molecular complexity index is 783. The van der Waals surface area contributed by atoms with E-state index < -0.39 is 0 Å². The number of carbonyl (C=O) groups excluding carboxylic acids is 1. The van der Waals surface area contributed by atoms with Gasteiger partial charge in [0, 0.05) is 11.4 Å². The van der Waals surface area contributed by atoms with Gasteiger partial charge in [-0.05, 0) is 48.9 Å². The highest BCUT2D eigenvalue weighted by molar-refractivity contribution is 8.00. The summed E-state index contributed by atoms with van der Waals surface area (Å²) >= 11 is 1.33. The summed E-state index contributed by atoms with van der Waals surface area (Å²) in [5.41, 5.74) is 3.61. The Morgan fingerprint density at radius 3 is 2.96 bits per heavy atom. The van der Waals surface area contributed by atoms with E-state index in [-0.39, 0.29) is 11.7 Å². The molecule has 122 valence electrons. The largest absolute Gasteiger partial charge is 0.325 e. The summed E-state index contributed by atoms with van der Waals surface area (Å²) in [5, 5.41) is 12.9. The summed E-state index contributed by atoms with van der Waals surface area (Å²) in [5.74, 6) is 0.787. The standard InChI is InChI=1S/C19H19N3OS/c1-13-7-8-17-14(9-13)10-15(11-20)19(22-17)24-12-18(23)21-16-5-3-2-4-6-16/h2-6,10,13H,7-9,12H2,1H3,(H,21,23)/t13-/m1/s1. The summed E-state index contributed by atoms with van der Waals surface area (Å²) in [4.78, 5) is 16.7. The number of aromatic nitrogens is 1. The minimum absolute atomic E-state index is 0.0942. The molecule has 1 aliphatic rings. The van der Waals surface area contributed by atoms with Crippen LogP contribution in [0.3, 0.4) is 0 Å². The van der Waals surface area contributed by atoms with E-state index >= 15 is 0 Å². The molecule has 1 aliphatic carbocycles. The molecule has 0 spiro atoms. The van der Waals surface area contributed by atoms with Crippen LogP contribution in [0.15, 0.2) is 41.4 Å². The van der Waals surface area contributed by atoms with Crippen LogP contribution in [-0.4, -0.2) is 16.6 Å². The van der Waals surface area contributed by atoms with Crippen molar-refractivity contribution >= 4 is 23.4 Å². The lowest BCUT2D eigenvalue weighted by Gasteiger charge is -2.21. The molecule has 1 heterocycles. The number of anilines is 1. The number of para-hydroxylation sites is 1. The molecule has 0 bridgehead atoms. The minimum Gasteiger partial charge on any atom is -0.325 e. The number of pyridine rings is 1. The Balaban J connectivity index is 1.69. The van der Waals surface area contributed by atoms with Crippen LogP contribution in [0.2, 0.25) is 0 Å². The van der Waals surface area contributed by atoms with Crippen LogP contribution in [0, 0.1) is 17.2 Å². The summed E-state index contributed by atoms with van der Waals surface area (Å²) in [6.45, 7) is 2.23. The number of nitrogens with zero attached hydrogens (tertiary/aromatic N) is 2. The zero-order valence-electron chi connectivity index (χ0n) is 13.6. The van der Waals surface area contributed by atoms with Gasteiger partial charge in [-0.2, -0.15) is 5.26 Å². The van der Waals surface area contributed by atoms with Gasteiger partial charge in [0.25, 0.3) is 0 Å². The Morgan fingerprint density at radius 2 is 2.21 bits per heavy atom. The average Bonchev–Trinajstić information content (AvgIpc) is 2.60. The number of fused-ring (bicyclic) bond motifs is 1. The van der Waals surface area contributed by atoms with Gasteiger partial charge in [0.1, 0.15) is 11.1 Å². The SMILES string of the molecule is C[C@@H]1CCc2nc(SCC(=O)Nc3ccccc3)c(C#N)cc2C1. The number of amides is 1. The fraction of sp³-hybridized carbons (Fsp3) is 0.316. The van der Waals surface area contributed by atoms with Crippen LogP contribution in [0.4, 0.5) is 5.69 Å². The first kappa shape index (κ1) is 16.5. The zero-order valence-corrected chi connectivity index (χ0v) is 14.4. The van der Waals surface area contributed by atoms with Crippen molar-refractivity contribution in [1.82, 2.24) is 4.98 Å². The lowest BCUT2D eigenvalue weighted by atomic mass is 9.87. The fourth-order valence-electron chi connectivity index (χ4n) is 2.87. The highest BCUT2D eigenvalue weighted by Gasteiger charge is 2.19. The van der Waals surface area contributed by atoms with E-state index in [0.29, 0.717) is 16.5 Å². The number of thioether (sulfide) groups is 1. The number of hydrogen-bond acceptors (Lipinski definition) is 4. The van der Waals surface area contributed by atoms with E-state index in [2.05, 4.69) is 23.3 Å². The third-order valence-electron chi connectivity index (χ3n) is 4.12. The summed E-state index contributed by atoms with van der Waals surface area (Å²) < 4.78 is 0. The fourth-order valence-corrected chi connectivity index (χ4v) is 3.65. The first-order valence-electron chi connectivity index (χ1n) is 8.06. The second-order valence-corrected chi connectivity index (χ2v) is 7.07. The third kappa shape index (κ3) is 3.95. The van der Waals surface area contributed by atoms with Gasteiger partial charge in [-0.1, -0.05) is 36.9 Å². The lowest BCUT2D eigenvalue weighted by Crippen LogP contribution is -2.16. The highest BCUT2D eigenvalue weighted by Crippen LogP contribution is 2.29. The van der Waals surface area contributed by atoms with Gasteiger partial charge in [0.05, 0.1) is 11.3 Å². The van der Waals surface area contributed by atoms with Gasteiger partial charge < -0.3 is 5.32 Å². The first-order valence-corrected chi connectivity index (χ1v) is 9.05. The number of carbonyl (C=O) groups is 1. The van der Waals surface area contributed by atoms with Crippen LogP contribution in [0.5, 0.6) is 0 Å². The smallest absolute Gasteiger partial charge is 0.234 e. The van der Waals surface area contributed by atoms with Gasteiger partial charge >= 0.3 is 0 Å². The maximum Gasteiger partial charge on any atom is 0.234 e. The molecule has 0 saturated heterocycles. The molecule has 0 fully saturated rings. The van der Waals surface area contributed by atoms with Crippen molar-refractivity contribution in [3.05, 3.63) is 53.2 Å². The zero-order chi connectivity index (χ0) is 16.9. The normalized spacial score (nSPS) is 16.1. The molecule has 3 rings (SSSR count). The lowest BCUT2D eigenvalue weighted by molar-refractivity contribution is -0.113. The average molecular weight is 337 g/mol. The van der Waals surface area contributed by atoms with Crippen molar-refractivity contribution in [3.8, 4) is 6.07 Å². The van der Waals surface area contributed by atoms with Crippen molar-refractivity contribution in [3.63, 3.8) is 0 Å². The molecular weight excluding hydrogens is 318 g/mol. The number of nitrogens with one attached hydrogen (secondary N) is 1. The molecule has 1 atom stereocenters. The van der Waals surface area contributed by atoms with Crippen molar-refractivity contribution in [2.24, 2.45) is 5.92 Å². The number of aryl methyl sites for hydroxylation is 1. The number of benzene rings is 1. The van der Waals surface area contributed by atoms with Crippen LogP contribution in [0.1, 0.15) is 30.2 Å².